The Labute approximate surface area is 143 Å². The Bertz CT molecular complexity index is 725. The fourth-order valence-corrected chi connectivity index (χ4v) is 3.58. The van der Waals surface area contributed by atoms with Crippen molar-refractivity contribution < 1.29 is 9.59 Å². The normalized spacial score (nSPS) is 17.8. The molecule has 1 amide bonds. The number of hydrogen-bond donors (Lipinski definition) is 0. The van der Waals surface area contributed by atoms with E-state index in [-0.39, 0.29) is 17.4 Å². The van der Waals surface area contributed by atoms with Crippen molar-refractivity contribution in [2.24, 2.45) is 0 Å². The molecule has 1 atom stereocenters. The van der Waals surface area contributed by atoms with Gasteiger partial charge in [0.15, 0.2) is 0 Å². The van der Waals surface area contributed by atoms with E-state index in [1.807, 2.05) is 18.2 Å². The maximum Gasteiger partial charge on any atom is 0.331 e. The molecule has 24 heavy (non-hydrogen) atoms. The summed E-state index contributed by atoms with van der Waals surface area (Å²) in [6.45, 7) is 4.28. The second-order valence-corrected chi connectivity index (χ2v) is 6.81. The third-order valence-electron chi connectivity index (χ3n) is 5.05. The zero-order valence-corrected chi connectivity index (χ0v) is 14.1. The molecule has 0 aliphatic carbocycles. The Balaban J connectivity index is 1.87. The molecule has 0 aromatic heterocycles. The summed E-state index contributed by atoms with van der Waals surface area (Å²) in [5.41, 5.74) is 3.31. The van der Waals surface area contributed by atoms with Gasteiger partial charge in [0.1, 0.15) is 6.19 Å². The molecule has 1 aliphatic rings. The molecule has 3 rings (SSSR count). The molecule has 0 bridgehead atoms. The first-order chi connectivity index (χ1) is 11.5. The van der Waals surface area contributed by atoms with Crippen LogP contribution in [0.1, 0.15) is 32.3 Å². The van der Waals surface area contributed by atoms with Gasteiger partial charge in [-0.05, 0) is 23.1 Å². The van der Waals surface area contributed by atoms with Gasteiger partial charge >= 0.3 is 7.41 Å². The van der Waals surface area contributed by atoms with Crippen LogP contribution in [0, 0.1) is 0 Å². The third kappa shape index (κ3) is 3.01. The Kier molecular flexibility index (Phi) is 4.56. The minimum Gasteiger partial charge on any atom is -0.379 e. The van der Waals surface area contributed by atoms with Crippen molar-refractivity contribution in [2.45, 2.75) is 38.1 Å². The van der Waals surface area contributed by atoms with Crippen LogP contribution in [-0.2, 0) is 15.0 Å². The summed E-state index contributed by atoms with van der Waals surface area (Å²) in [5, 5.41) is 0. The van der Waals surface area contributed by atoms with Crippen LogP contribution < -0.4 is 0 Å². The van der Waals surface area contributed by atoms with Gasteiger partial charge in [-0.1, -0.05) is 68.4 Å². The highest BCUT2D eigenvalue weighted by Crippen LogP contribution is 2.37. The van der Waals surface area contributed by atoms with E-state index in [0.29, 0.717) is 12.6 Å². The van der Waals surface area contributed by atoms with Crippen molar-refractivity contribution in [2.75, 3.05) is 0 Å². The molecule has 0 spiro atoms. The molecule has 0 unspecified atom stereocenters. The van der Waals surface area contributed by atoms with Crippen LogP contribution >= 0.6 is 0 Å². The summed E-state index contributed by atoms with van der Waals surface area (Å²) < 4.78 is 0. The lowest BCUT2D eigenvalue weighted by atomic mass is 9.74. The Hall–Kier alpha value is -2.36. The predicted molar refractivity (Wildman–Crippen MR) is 97.3 cm³/mol. The van der Waals surface area contributed by atoms with E-state index >= 15 is 0 Å². The molecule has 2 aromatic carbocycles. The highest BCUT2D eigenvalue weighted by Gasteiger charge is 2.41. The largest absolute Gasteiger partial charge is 0.379 e. The summed E-state index contributed by atoms with van der Waals surface area (Å²) in [6.07, 6.45) is 1.97. The van der Waals surface area contributed by atoms with E-state index in [4.69, 9.17) is 0 Å². The van der Waals surface area contributed by atoms with Gasteiger partial charge in [-0.15, -0.1) is 0 Å². The number of nitrogens with zero attached hydrogens (tertiary/aromatic N) is 1. The molecule has 1 heterocycles. The number of carbonyl (C=O) groups is 2. The fraction of sp³-hybridized carbons (Fsp3) is 0.300. The molecule has 4 heteroatoms. The van der Waals surface area contributed by atoms with Crippen molar-refractivity contribution in [1.29, 1.82) is 0 Å². The molecular formula is C20H21BNO2. The number of hydrogen-bond acceptors (Lipinski definition) is 2. The van der Waals surface area contributed by atoms with Gasteiger partial charge in [-0.3, -0.25) is 4.79 Å². The molecule has 1 saturated heterocycles. The van der Waals surface area contributed by atoms with Crippen molar-refractivity contribution in [3.05, 3.63) is 60.2 Å². The van der Waals surface area contributed by atoms with Gasteiger partial charge in [0, 0.05) is 17.9 Å². The molecule has 121 valence electrons. The predicted octanol–water partition coefficient (Wildman–Crippen LogP) is 3.43. The van der Waals surface area contributed by atoms with Crippen LogP contribution in [0.15, 0.2) is 54.6 Å². The van der Waals surface area contributed by atoms with Crippen molar-refractivity contribution in [3.63, 3.8) is 0 Å². The van der Waals surface area contributed by atoms with Crippen LogP contribution in [0.2, 0.25) is 0 Å². The maximum absolute atomic E-state index is 12.0. The first-order valence-corrected chi connectivity index (χ1v) is 8.30. The maximum atomic E-state index is 12.0. The molecule has 0 N–H and O–H groups in total. The monoisotopic (exact) mass is 318 g/mol. The zero-order chi connectivity index (χ0) is 17.2. The van der Waals surface area contributed by atoms with Gasteiger partial charge in [0.05, 0.1) is 0 Å². The molecule has 0 saturated carbocycles. The summed E-state index contributed by atoms with van der Waals surface area (Å²) in [6, 6.07) is 18.8. The smallest absolute Gasteiger partial charge is 0.331 e. The highest BCUT2D eigenvalue weighted by molar-refractivity contribution is 6.66. The second-order valence-electron chi connectivity index (χ2n) is 6.81. The fourth-order valence-electron chi connectivity index (χ4n) is 3.58. The lowest BCUT2D eigenvalue weighted by Gasteiger charge is -2.38. The average molecular weight is 318 g/mol. The molecular weight excluding hydrogens is 297 g/mol. The summed E-state index contributed by atoms with van der Waals surface area (Å²) >= 11 is 0. The van der Waals surface area contributed by atoms with Gasteiger partial charge in [0.2, 0.25) is 5.91 Å². The van der Waals surface area contributed by atoms with E-state index < -0.39 is 0 Å². The lowest BCUT2D eigenvalue weighted by molar-refractivity contribution is -0.125. The number of carbonyl (C=O) groups excluding carboxylic acids is 2. The Morgan fingerprint density at radius 2 is 1.67 bits per heavy atom. The Morgan fingerprint density at radius 1 is 1.04 bits per heavy atom. The van der Waals surface area contributed by atoms with E-state index in [9.17, 15) is 9.59 Å². The van der Waals surface area contributed by atoms with Crippen LogP contribution in [0.4, 0.5) is 0 Å². The van der Waals surface area contributed by atoms with Crippen molar-refractivity contribution in [1.82, 2.24) is 4.81 Å². The van der Waals surface area contributed by atoms with Crippen LogP contribution in [0.25, 0.3) is 11.1 Å². The second kappa shape index (κ2) is 6.64. The van der Waals surface area contributed by atoms with Crippen molar-refractivity contribution >= 4 is 19.5 Å². The van der Waals surface area contributed by atoms with E-state index in [1.165, 1.54) is 24.1 Å². The van der Waals surface area contributed by atoms with Gasteiger partial charge < -0.3 is 9.61 Å². The Morgan fingerprint density at radius 3 is 2.29 bits per heavy atom. The zero-order valence-electron chi connectivity index (χ0n) is 14.1. The van der Waals surface area contributed by atoms with Crippen LogP contribution in [0.3, 0.4) is 0 Å². The average Bonchev–Trinajstić information content (AvgIpc) is 2.98. The number of amides is 1. The number of rotatable bonds is 5. The topological polar surface area (TPSA) is 37.4 Å². The molecule has 2 aromatic rings. The lowest BCUT2D eigenvalue weighted by Crippen LogP contribution is -2.47. The molecule has 1 radical (unpaired) electrons. The third-order valence-corrected chi connectivity index (χ3v) is 5.05. The van der Waals surface area contributed by atoms with E-state index in [0.717, 1.165) is 6.42 Å². The highest BCUT2D eigenvalue weighted by atomic mass is 16.2. The minimum atomic E-state index is -0.221. The van der Waals surface area contributed by atoms with Gasteiger partial charge in [-0.2, -0.15) is 0 Å². The van der Waals surface area contributed by atoms with Gasteiger partial charge in [-0.25, -0.2) is 0 Å². The molecule has 3 nitrogen and oxygen atoms in total. The molecule has 1 fully saturated rings. The van der Waals surface area contributed by atoms with Gasteiger partial charge in [0.25, 0.3) is 0 Å². The molecule has 1 aliphatic heterocycles. The SMILES string of the molecule is CC(C)(c1ccc(-c2ccccc2)cc1)[C@@H]1CCC(=O)N1[B]C=O. The van der Waals surface area contributed by atoms with E-state index in [2.05, 4.69) is 50.2 Å². The van der Waals surface area contributed by atoms with E-state index in [1.54, 1.807) is 4.81 Å². The van der Waals surface area contributed by atoms with Crippen LogP contribution in [0.5, 0.6) is 0 Å². The summed E-state index contributed by atoms with van der Waals surface area (Å²) in [7, 11) is 1.38. The standard InChI is InChI=1S/C20H21BNO2/c1-20(2,18-12-13-19(24)22(18)21-14-23)17-10-8-16(9-11-17)15-6-4-3-5-7-15/h3-11,14,18H,12-13H2,1-2H3/t18-/m0/s1. The first kappa shape index (κ1) is 16.5. The van der Waals surface area contributed by atoms with Crippen LogP contribution in [-0.4, -0.2) is 30.4 Å². The first-order valence-electron chi connectivity index (χ1n) is 8.30. The quantitative estimate of drug-likeness (QED) is 0.626. The number of benzene rings is 2. The summed E-state index contributed by atoms with van der Waals surface area (Å²) in [5.74, 6) is 0.0288. The minimum absolute atomic E-state index is 0.0118. The summed E-state index contributed by atoms with van der Waals surface area (Å²) in [4.78, 5) is 24.5. The van der Waals surface area contributed by atoms with Crippen molar-refractivity contribution in [3.8, 4) is 11.1 Å².